The molecule has 2 rings (SSSR count). The number of benzene rings is 2. The standard InChI is InChI=1S/C19H19F3N2O4/c1-3-4-11-28-16-10-9-15(24(26)27)12(2)17(16)18(25)23-14-7-5-13(6-8-14)19(20,21)22/h5-10H,3-4,11H2,1-2H3,(H,23,25). The monoisotopic (exact) mass is 396 g/mol. The van der Waals surface area contributed by atoms with Gasteiger partial charge in [-0.3, -0.25) is 14.9 Å². The number of carbonyl (C=O) groups is 1. The Bertz CT molecular complexity index is 865. The van der Waals surface area contributed by atoms with Crippen LogP contribution in [-0.4, -0.2) is 17.4 Å². The lowest BCUT2D eigenvalue weighted by Gasteiger charge is -2.14. The third-order valence-corrected chi connectivity index (χ3v) is 4.05. The molecule has 2 aromatic carbocycles. The first-order valence-corrected chi connectivity index (χ1v) is 8.54. The number of hydrogen-bond acceptors (Lipinski definition) is 4. The Balaban J connectivity index is 2.33. The van der Waals surface area contributed by atoms with Crippen molar-refractivity contribution in [3.05, 3.63) is 63.2 Å². The fourth-order valence-corrected chi connectivity index (χ4v) is 2.54. The minimum absolute atomic E-state index is 0.0230. The molecular formula is C19H19F3N2O4. The van der Waals surface area contributed by atoms with Gasteiger partial charge in [0.25, 0.3) is 11.6 Å². The number of carbonyl (C=O) groups excluding carboxylic acids is 1. The first-order valence-electron chi connectivity index (χ1n) is 8.54. The number of nitrogens with zero attached hydrogens (tertiary/aromatic N) is 1. The predicted octanol–water partition coefficient (Wildman–Crippen LogP) is 5.35. The van der Waals surface area contributed by atoms with Crippen LogP contribution in [0.5, 0.6) is 5.75 Å². The lowest BCUT2D eigenvalue weighted by atomic mass is 10.0. The number of halogens is 3. The molecule has 0 aliphatic rings. The molecule has 0 saturated carbocycles. The van der Waals surface area contributed by atoms with E-state index in [1.54, 1.807) is 0 Å². The number of ether oxygens (including phenoxy) is 1. The van der Waals surface area contributed by atoms with Crippen LogP contribution in [0.2, 0.25) is 0 Å². The highest BCUT2D eigenvalue weighted by Crippen LogP contribution is 2.32. The molecular weight excluding hydrogens is 377 g/mol. The molecule has 28 heavy (non-hydrogen) atoms. The van der Waals surface area contributed by atoms with Gasteiger partial charge >= 0.3 is 6.18 Å². The molecule has 0 unspecified atom stereocenters. The van der Waals surface area contributed by atoms with Crippen molar-refractivity contribution in [3.8, 4) is 5.75 Å². The highest BCUT2D eigenvalue weighted by atomic mass is 19.4. The van der Waals surface area contributed by atoms with Gasteiger partial charge in [0, 0.05) is 17.3 Å². The van der Waals surface area contributed by atoms with Crippen LogP contribution >= 0.6 is 0 Å². The molecule has 2 aromatic rings. The topological polar surface area (TPSA) is 81.5 Å². The molecule has 0 saturated heterocycles. The van der Waals surface area contributed by atoms with Crippen molar-refractivity contribution in [3.63, 3.8) is 0 Å². The van der Waals surface area contributed by atoms with Crippen LogP contribution in [0.25, 0.3) is 0 Å². The average molecular weight is 396 g/mol. The Morgan fingerprint density at radius 2 is 1.82 bits per heavy atom. The highest BCUT2D eigenvalue weighted by Gasteiger charge is 2.30. The summed E-state index contributed by atoms with van der Waals surface area (Å²) < 4.78 is 43.5. The van der Waals surface area contributed by atoms with E-state index in [1.807, 2.05) is 6.92 Å². The van der Waals surface area contributed by atoms with E-state index < -0.39 is 22.6 Å². The van der Waals surface area contributed by atoms with Gasteiger partial charge in [-0.15, -0.1) is 0 Å². The molecule has 0 atom stereocenters. The quantitative estimate of drug-likeness (QED) is 0.388. The summed E-state index contributed by atoms with van der Waals surface area (Å²) in [7, 11) is 0. The molecule has 0 aromatic heterocycles. The number of rotatable bonds is 7. The second-order valence-corrected chi connectivity index (χ2v) is 6.07. The van der Waals surface area contributed by atoms with E-state index in [2.05, 4.69) is 5.32 Å². The van der Waals surface area contributed by atoms with Gasteiger partial charge in [-0.25, -0.2) is 0 Å². The van der Waals surface area contributed by atoms with Crippen LogP contribution in [0.4, 0.5) is 24.5 Å². The van der Waals surface area contributed by atoms with Crippen LogP contribution in [0.3, 0.4) is 0 Å². The van der Waals surface area contributed by atoms with Crippen LogP contribution in [0.1, 0.15) is 41.3 Å². The lowest BCUT2D eigenvalue weighted by Crippen LogP contribution is -2.16. The Labute approximate surface area is 159 Å². The third-order valence-electron chi connectivity index (χ3n) is 4.05. The molecule has 0 bridgehead atoms. The molecule has 0 heterocycles. The van der Waals surface area contributed by atoms with Crippen molar-refractivity contribution < 1.29 is 27.6 Å². The van der Waals surface area contributed by atoms with Crippen molar-refractivity contribution in [1.29, 1.82) is 0 Å². The normalized spacial score (nSPS) is 11.2. The van der Waals surface area contributed by atoms with Crippen molar-refractivity contribution in [2.75, 3.05) is 11.9 Å². The summed E-state index contributed by atoms with van der Waals surface area (Å²) in [4.78, 5) is 23.3. The maximum absolute atomic E-state index is 12.7. The molecule has 0 radical (unpaired) electrons. The summed E-state index contributed by atoms with van der Waals surface area (Å²) in [6.07, 6.45) is -2.89. The van der Waals surface area contributed by atoms with Crippen molar-refractivity contribution in [2.24, 2.45) is 0 Å². The number of nitro groups is 1. The minimum atomic E-state index is -4.49. The van der Waals surface area contributed by atoms with Gasteiger partial charge in [0.2, 0.25) is 0 Å². The van der Waals surface area contributed by atoms with E-state index in [0.717, 1.165) is 37.1 Å². The van der Waals surface area contributed by atoms with E-state index in [4.69, 9.17) is 4.74 Å². The Kier molecular flexibility index (Phi) is 6.61. The summed E-state index contributed by atoms with van der Waals surface area (Å²) in [5.74, 6) is -0.520. The smallest absolute Gasteiger partial charge is 0.416 e. The average Bonchev–Trinajstić information content (AvgIpc) is 2.61. The predicted molar refractivity (Wildman–Crippen MR) is 97.6 cm³/mol. The number of nitro benzene ring substituents is 1. The zero-order valence-corrected chi connectivity index (χ0v) is 15.3. The highest BCUT2D eigenvalue weighted by molar-refractivity contribution is 6.07. The van der Waals surface area contributed by atoms with E-state index >= 15 is 0 Å². The summed E-state index contributed by atoms with van der Waals surface area (Å²) in [6.45, 7) is 3.71. The molecule has 6 nitrogen and oxygen atoms in total. The summed E-state index contributed by atoms with van der Waals surface area (Å²) in [5.41, 5.74) is -0.877. The van der Waals surface area contributed by atoms with Gasteiger partial charge in [0.05, 0.1) is 22.7 Å². The largest absolute Gasteiger partial charge is 0.493 e. The molecule has 1 amide bonds. The SMILES string of the molecule is CCCCOc1ccc([N+](=O)[O-])c(C)c1C(=O)Nc1ccc(C(F)(F)F)cc1. The summed E-state index contributed by atoms with van der Waals surface area (Å²) in [5, 5.41) is 13.7. The van der Waals surface area contributed by atoms with Gasteiger partial charge in [-0.05, 0) is 43.7 Å². The second-order valence-electron chi connectivity index (χ2n) is 6.07. The Morgan fingerprint density at radius 3 is 2.36 bits per heavy atom. The zero-order valence-electron chi connectivity index (χ0n) is 15.3. The number of nitrogens with one attached hydrogen (secondary N) is 1. The Morgan fingerprint density at radius 1 is 1.18 bits per heavy atom. The molecule has 0 fully saturated rings. The maximum Gasteiger partial charge on any atom is 0.416 e. The van der Waals surface area contributed by atoms with Gasteiger partial charge in [0.1, 0.15) is 5.75 Å². The molecule has 0 spiro atoms. The van der Waals surface area contributed by atoms with Crippen molar-refractivity contribution in [1.82, 2.24) is 0 Å². The lowest BCUT2D eigenvalue weighted by molar-refractivity contribution is -0.385. The minimum Gasteiger partial charge on any atom is -0.493 e. The number of alkyl halides is 3. The van der Waals surface area contributed by atoms with E-state index in [9.17, 15) is 28.1 Å². The third kappa shape index (κ3) is 4.99. The van der Waals surface area contributed by atoms with Crippen molar-refractivity contribution >= 4 is 17.3 Å². The zero-order chi connectivity index (χ0) is 20.9. The van der Waals surface area contributed by atoms with Gasteiger partial charge in [-0.2, -0.15) is 13.2 Å². The maximum atomic E-state index is 12.7. The van der Waals surface area contributed by atoms with Crippen LogP contribution in [0.15, 0.2) is 36.4 Å². The number of amides is 1. The molecule has 1 N–H and O–H groups in total. The van der Waals surface area contributed by atoms with E-state index in [1.165, 1.54) is 19.1 Å². The van der Waals surface area contributed by atoms with E-state index in [-0.39, 0.29) is 28.3 Å². The number of unbranched alkanes of at least 4 members (excludes halogenated alkanes) is 1. The van der Waals surface area contributed by atoms with Gasteiger partial charge in [0.15, 0.2) is 0 Å². The van der Waals surface area contributed by atoms with Gasteiger partial charge < -0.3 is 10.1 Å². The van der Waals surface area contributed by atoms with E-state index in [0.29, 0.717) is 6.61 Å². The second kappa shape index (κ2) is 8.73. The number of hydrogen-bond donors (Lipinski definition) is 1. The Hall–Kier alpha value is -3.10. The molecule has 0 aliphatic heterocycles. The first-order chi connectivity index (χ1) is 13.1. The summed E-state index contributed by atoms with van der Waals surface area (Å²) in [6, 6.07) is 6.52. The van der Waals surface area contributed by atoms with Gasteiger partial charge in [-0.1, -0.05) is 13.3 Å². The van der Waals surface area contributed by atoms with Crippen LogP contribution < -0.4 is 10.1 Å². The fraction of sp³-hybridized carbons (Fsp3) is 0.316. The first kappa shape index (κ1) is 21.2. The van der Waals surface area contributed by atoms with Crippen LogP contribution in [-0.2, 0) is 6.18 Å². The van der Waals surface area contributed by atoms with Crippen molar-refractivity contribution in [2.45, 2.75) is 32.9 Å². The molecule has 9 heteroatoms. The molecule has 0 aliphatic carbocycles. The number of anilines is 1. The summed E-state index contributed by atoms with van der Waals surface area (Å²) >= 11 is 0. The molecule has 150 valence electrons. The fourth-order valence-electron chi connectivity index (χ4n) is 2.54. The van der Waals surface area contributed by atoms with Crippen LogP contribution in [0, 0.1) is 17.0 Å².